The van der Waals surface area contributed by atoms with E-state index in [4.69, 9.17) is 9.47 Å². The van der Waals surface area contributed by atoms with Gasteiger partial charge in [-0.25, -0.2) is 0 Å². The third kappa shape index (κ3) is 3.71. The van der Waals surface area contributed by atoms with Crippen molar-refractivity contribution in [3.05, 3.63) is 47.5 Å². The first-order valence-corrected chi connectivity index (χ1v) is 8.51. The first kappa shape index (κ1) is 17.1. The van der Waals surface area contributed by atoms with Crippen LogP contribution in [0.25, 0.3) is 0 Å². The van der Waals surface area contributed by atoms with E-state index in [1.807, 2.05) is 12.1 Å². The van der Waals surface area contributed by atoms with Crippen molar-refractivity contribution in [1.29, 1.82) is 0 Å². The molecule has 25 heavy (non-hydrogen) atoms. The van der Waals surface area contributed by atoms with Gasteiger partial charge in [-0.3, -0.25) is 4.79 Å². The Morgan fingerprint density at radius 1 is 1.00 bits per heavy atom. The molecule has 0 radical (unpaired) electrons. The number of nitrogens with zero attached hydrogens (tertiary/aromatic N) is 1. The summed E-state index contributed by atoms with van der Waals surface area (Å²) < 4.78 is 10.5. The van der Waals surface area contributed by atoms with Crippen molar-refractivity contribution in [3.8, 4) is 11.5 Å². The molecule has 3 rings (SSSR count). The van der Waals surface area contributed by atoms with Crippen LogP contribution in [0, 0.1) is 6.92 Å². The summed E-state index contributed by atoms with van der Waals surface area (Å²) in [6.45, 7) is 4.30. The fourth-order valence-electron chi connectivity index (χ4n) is 3.23. The van der Waals surface area contributed by atoms with Gasteiger partial charge in [0.2, 0.25) is 0 Å². The number of carbonyl (C=O) groups is 1. The maximum Gasteiger partial charge on any atom is 0.255 e. The summed E-state index contributed by atoms with van der Waals surface area (Å²) in [6.07, 6.45) is 2.49. The van der Waals surface area contributed by atoms with Gasteiger partial charge >= 0.3 is 0 Å². The second-order valence-corrected chi connectivity index (χ2v) is 6.22. The molecule has 2 aromatic rings. The largest absolute Gasteiger partial charge is 0.493 e. The quantitative estimate of drug-likeness (QED) is 0.898. The molecular formula is C20H24N2O3. The van der Waals surface area contributed by atoms with Crippen LogP contribution in [0.5, 0.6) is 11.5 Å². The number of rotatable bonds is 5. The highest BCUT2D eigenvalue weighted by Gasteiger charge is 2.15. The molecule has 1 aliphatic heterocycles. The zero-order valence-electron chi connectivity index (χ0n) is 15.0. The van der Waals surface area contributed by atoms with E-state index < -0.39 is 0 Å². The highest BCUT2D eigenvalue weighted by molar-refractivity contribution is 6.04. The van der Waals surface area contributed by atoms with Crippen molar-refractivity contribution in [1.82, 2.24) is 0 Å². The molecule has 0 unspecified atom stereocenters. The number of hydrogen-bond donors (Lipinski definition) is 1. The normalized spacial score (nSPS) is 13.6. The highest BCUT2D eigenvalue weighted by Crippen LogP contribution is 2.29. The average Bonchev–Trinajstić information content (AvgIpc) is 3.15. The SMILES string of the molecule is COc1ccc(C(=O)Nc2ccc(N3CCCC3)c(C)c2)cc1OC. The maximum absolute atomic E-state index is 12.5. The first-order chi connectivity index (χ1) is 12.1. The molecule has 1 aliphatic rings. The van der Waals surface area contributed by atoms with Gasteiger partial charge in [-0.2, -0.15) is 0 Å². The van der Waals surface area contributed by atoms with Gasteiger partial charge in [0.25, 0.3) is 5.91 Å². The smallest absolute Gasteiger partial charge is 0.255 e. The highest BCUT2D eigenvalue weighted by atomic mass is 16.5. The number of amides is 1. The number of nitrogens with one attached hydrogen (secondary N) is 1. The van der Waals surface area contributed by atoms with Crippen molar-refractivity contribution >= 4 is 17.3 Å². The van der Waals surface area contributed by atoms with Crippen LogP contribution in [-0.2, 0) is 0 Å². The van der Waals surface area contributed by atoms with E-state index in [2.05, 4.69) is 23.2 Å². The molecule has 2 aromatic carbocycles. The van der Waals surface area contributed by atoms with Crippen LogP contribution in [-0.4, -0.2) is 33.2 Å². The number of hydrogen-bond acceptors (Lipinski definition) is 4. The average molecular weight is 340 g/mol. The molecular weight excluding hydrogens is 316 g/mol. The van der Waals surface area contributed by atoms with E-state index in [0.29, 0.717) is 17.1 Å². The molecule has 0 atom stereocenters. The van der Waals surface area contributed by atoms with Gasteiger partial charge in [0.1, 0.15) is 0 Å². The van der Waals surface area contributed by atoms with Crippen LogP contribution in [0.4, 0.5) is 11.4 Å². The van der Waals surface area contributed by atoms with Gasteiger partial charge in [0, 0.05) is 30.0 Å². The third-order valence-corrected chi connectivity index (χ3v) is 4.55. The van der Waals surface area contributed by atoms with Gasteiger partial charge in [0.05, 0.1) is 14.2 Å². The summed E-state index contributed by atoms with van der Waals surface area (Å²) >= 11 is 0. The van der Waals surface area contributed by atoms with E-state index in [9.17, 15) is 4.79 Å². The molecule has 0 saturated carbocycles. The number of anilines is 2. The van der Waals surface area contributed by atoms with Crippen LogP contribution in [0.3, 0.4) is 0 Å². The Kier molecular flexibility index (Phi) is 5.12. The minimum Gasteiger partial charge on any atom is -0.493 e. The minimum atomic E-state index is -0.172. The van der Waals surface area contributed by atoms with Crippen molar-refractivity contribution in [3.63, 3.8) is 0 Å². The Balaban J connectivity index is 1.75. The minimum absolute atomic E-state index is 0.172. The molecule has 1 amide bonds. The van der Waals surface area contributed by atoms with Gasteiger partial charge in [0.15, 0.2) is 11.5 Å². The van der Waals surface area contributed by atoms with E-state index in [1.54, 1.807) is 32.4 Å². The lowest BCUT2D eigenvalue weighted by atomic mass is 10.1. The zero-order chi connectivity index (χ0) is 17.8. The Hall–Kier alpha value is -2.69. The van der Waals surface area contributed by atoms with E-state index in [1.165, 1.54) is 24.1 Å². The summed E-state index contributed by atoms with van der Waals surface area (Å²) in [6, 6.07) is 11.2. The number of methoxy groups -OCH3 is 2. The van der Waals surface area contributed by atoms with Crippen LogP contribution in [0.2, 0.25) is 0 Å². The van der Waals surface area contributed by atoms with E-state index >= 15 is 0 Å². The lowest BCUT2D eigenvalue weighted by Gasteiger charge is -2.20. The maximum atomic E-state index is 12.5. The van der Waals surface area contributed by atoms with Gasteiger partial charge in [-0.1, -0.05) is 0 Å². The zero-order valence-corrected chi connectivity index (χ0v) is 15.0. The number of carbonyl (C=O) groups excluding carboxylic acids is 1. The lowest BCUT2D eigenvalue weighted by Crippen LogP contribution is -2.19. The van der Waals surface area contributed by atoms with Crippen molar-refractivity contribution in [2.45, 2.75) is 19.8 Å². The van der Waals surface area contributed by atoms with Crippen LogP contribution >= 0.6 is 0 Å². The van der Waals surface area contributed by atoms with Gasteiger partial charge < -0.3 is 19.7 Å². The van der Waals surface area contributed by atoms with Crippen LogP contribution < -0.4 is 19.7 Å². The van der Waals surface area contributed by atoms with Gasteiger partial charge in [-0.05, 0) is 61.7 Å². The summed E-state index contributed by atoms with van der Waals surface area (Å²) in [5, 5.41) is 2.95. The number of aryl methyl sites for hydroxylation is 1. The monoisotopic (exact) mass is 340 g/mol. The molecule has 1 N–H and O–H groups in total. The summed E-state index contributed by atoms with van der Waals surface area (Å²) in [7, 11) is 3.13. The second-order valence-electron chi connectivity index (χ2n) is 6.22. The summed E-state index contributed by atoms with van der Waals surface area (Å²) in [5.74, 6) is 0.967. The van der Waals surface area contributed by atoms with Crippen LogP contribution in [0.15, 0.2) is 36.4 Å². The topological polar surface area (TPSA) is 50.8 Å². The molecule has 1 fully saturated rings. The second kappa shape index (κ2) is 7.47. The predicted octanol–water partition coefficient (Wildman–Crippen LogP) is 3.86. The fourth-order valence-corrected chi connectivity index (χ4v) is 3.23. The van der Waals surface area contributed by atoms with Gasteiger partial charge in [-0.15, -0.1) is 0 Å². The molecule has 0 spiro atoms. The van der Waals surface area contributed by atoms with E-state index in [-0.39, 0.29) is 5.91 Å². The molecule has 5 nitrogen and oxygen atoms in total. The fraction of sp³-hybridized carbons (Fsp3) is 0.350. The molecule has 0 bridgehead atoms. The molecule has 0 aliphatic carbocycles. The Morgan fingerprint density at radius 3 is 2.36 bits per heavy atom. The predicted molar refractivity (Wildman–Crippen MR) is 100 cm³/mol. The third-order valence-electron chi connectivity index (χ3n) is 4.55. The summed E-state index contributed by atoms with van der Waals surface area (Å²) in [4.78, 5) is 14.9. The lowest BCUT2D eigenvalue weighted by molar-refractivity contribution is 0.102. The molecule has 5 heteroatoms. The Bertz CT molecular complexity index is 768. The number of benzene rings is 2. The Morgan fingerprint density at radius 2 is 1.72 bits per heavy atom. The van der Waals surface area contributed by atoms with Crippen LogP contribution in [0.1, 0.15) is 28.8 Å². The van der Waals surface area contributed by atoms with Crippen molar-refractivity contribution in [2.75, 3.05) is 37.5 Å². The Labute approximate surface area is 148 Å². The number of ether oxygens (including phenoxy) is 2. The standard InChI is InChI=1S/C20H24N2O3/c1-14-12-16(7-8-17(14)22-10-4-5-11-22)21-20(23)15-6-9-18(24-2)19(13-15)25-3/h6-9,12-13H,4-5,10-11H2,1-3H3,(H,21,23). The first-order valence-electron chi connectivity index (χ1n) is 8.51. The molecule has 1 heterocycles. The summed E-state index contributed by atoms with van der Waals surface area (Å²) in [5.41, 5.74) is 3.74. The molecule has 1 saturated heterocycles. The van der Waals surface area contributed by atoms with Crippen molar-refractivity contribution in [2.24, 2.45) is 0 Å². The molecule has 0 aromatic heterocycles. The molecule has 132 valence electrons. The van der Waals surface area contributed by atoms with E-state index in [0.717, 1.165) is 18.8 Å². The van der Waals surface area contributed by atoms with Crippen molar-refractivity contribution < 1.29 is 14.3 Å².